The van der Waals surface area contributed by atoms with E-state index in [1.54, 1.807) is 0 Å². The summed E-state index contributed by atoms with van der Waals surface area (Å²) >= 11 is 0. The van der Waals surface area contributed by atoms with Crippen molar-refractivity contribution in [2.24, 2.45) is 0 Å². The smallest absolute Gasteiger partial charge is 0.231 e. The van der Waals surface area contributed by atoms with E-state index in [9.17, 15) is 13.2 Å². The molecule has 52 valence electrons. The molecular weight excluding hydrogens is 131 g/mol. The predicted molar refractivity (Wildman–Crippen MR) is 25.7 cm³/mol. The van der Waals surface area contributed by atoms with Crippen molar-refractivity contribution in [3.63, 3.8) is 0 Å². The Labute approximate surface area is 51.1 Å². The molecule has 0 fully saturated rings. The van der Waals surface area contributed by atoms with Gasteiger partial charge in [0.2, 0.25) is 6.43 Å². The van der Waals surface area contributed by atoms with Gasteiger partial charge in [0.1, 0.15) is 0 Å². The highest BCUT2D eigenvalue weighted by Crippen LogP contribution is 2.07. The zero-order chi connectivity index (χ0) is 7.28. The van der Waals surface area contributed by atoms with Crippen LogP contribution in [-0.2, 0) is 0 Å². The third-order valence-electron chi connectivity index (χ3n) is 0.778. The van der Waals surface area contributed by atoms with Crippen LogP contribution in [0.4, 0.5) is 13.2 Å². The van der Waals surface area contributed by atoms with Gasteiger partial charge >= 0.3 is 0 Å². The Morgan fingerprint density at radius 1 is 1.22 bits per heavy atom. The summed E-state index contributed by atoms with van der Waals surface area (Å²) < 4.78 is 34.3. The van der Waals surface area contributed by atoms with Crippen LogP contribution in [0.5, 0.6) is 0 Å². The van der Waals surface area contributed by atoms with Gasteiger partial charge in [-0.25, -0.2) is 13.2 Å². The molecule has 0 saturated heterocycles. The number of rotatable bonds is 3. The van der Waals surface area contributed by atoms with Gasteiger partial charge in [0.05, 0.1) is 6.07 Å². The van der Waals surface area contributed by atoms with Crippen LogP contribution < -0.4 is 0 Å². The Hall–Kier alpha value is -0.720. The standard InChI is InChI=1S/C5H6F3N/c6-4(3-9)1-2-5(7)8/h4-5H,1-2H2. The van der Waals surface area contributed by atoms with E-state index in [0.29, 0.717) is 0 Å². The topological polar surface area (TPSA) is 23.8 Å². The molecule has 0 aliphatic carbocycles. The van der Waals surface area contributed by atoms with Crippen molar-refractivity contribution in [2.45, 2.75) is 25.4 Å². The highest BCUT2D eigenvalue weighted by atomic mass is 19.3. The zero-order valence-electron chi connectivity index (χ0n) is 4.65. The molecular formula is C5H6F3N. The lowest BCUT2D eigenvalue weighted by Crippen LogP contribution is -1.99. The van der Waals surface area contributed by atoms with Crippen LogP contribution in [0.1, 0.15) is 12.8 Å². The Kier molecular flexibility index (Phi) is 3.85. The molecule has 0 rings (SSSR count). The number of hydrogen-bond acceptors (Lipinski definition) is 1. The molecule has 1 atom stereocenters. The lowest BCUT2D eigenvalue weighted by Gasteiger charge is -1.96. The highest BCUT2D eigenvalue weighted by Gasteiger charge is 2.08. The first-order valence-corrected chi connectivity index (χ1v) is 2.48. The molecule has 0 radical (unpaired) electrons. The summed E-state index contributed by atoms with van der Waals surface area (Å²) in [6.07, 6.45) is -5.14. The third-order valence-corrected chi connectivity index (χ3v) is 0.778. The zero-order valence-corrected chi connectivity index (χ0v) is 4.65. The summed E-state index contributed by atoms with van der Waals surface area (Å²) in [5, 5.41) is 7.78. The molecule has 0 aromatic carbocycles. The van der Waals surface area contributed by atoms with Crippen molar-refractivity contribution >= 4 is 0 Å². The van der Waals surface area contributed by atoms with E-state index >= 15 is 0 Å². The maximum atomic E-state index is 11.8. The van der Waals surface area contributed by atoms with Gasteiger partial charge in [-0.15, -0.1) is 0 Å². The molecule has 0 heterocycles. The van der Waals surface area contributed by atoms with Crippen molar-refractivity contribution < 1.29 is 13.2 Å². The minimum Gasteiger partial charge on any atom is -0.231 e. The average Bonchev–Trinajstić information content (AvgIpc) is 1.83. The van der Waals surface area contributed by atoms with Gasteiger partial charge < -0.3 is 0 Å². The third kappa shape index (κ3) is 5.15. The summed E-state index contributed by atoms with van der Waals surface area (Å²) in [4.78, 5) is 0. The Balaban J connectivity index is 3.19. The number of alkyl halides is 3. The molecule has 0 aromatic heterocycles. The van der Waals surface area contributed by atoms with Crippen LogP contribution in [0, 0.1) is 11.3 Å². The summed E-state index contributed by atoms with van der Waals surface area (Å²) in [5.74, 6) is 0. The van der Waals surface area contributed by atoms with Crippen molar-refractivity contribution in [1.82, 2.24) is 0 Å². The minimum absolute atomic E-state index is 0.367. The van der Waals surface area contributed by atoms with Crippen LogP contribution in [-0.4, -0.2) is 12.6 Å². The number of nitriles is 1. The van der Waals surface area contributed by atoms with Crippen LogP contribution in [0.15, 0.2) is 0 Å². The molecule has 1 unspecified atom stereocenters. The SMILES string of the molecule is N#CC(F)CCC(F)F. The molecule has 4 heteroatoms. The van der Waals surface area contributed by atoms with E-state index in [-0.39, 0.29) is 6.42 Å². The molecule has 0 bridgehead atoms. The van der Waals surface area contributed by atoms with Crippen LogP contribution in [0.3, 0.4) is 0 Å². The molecule has 9 heavy (non-hydrogen) atoms. The molecule has 0 aliphatic heterocycles. The number of nitrogens with zero attached hydrogens (tertiary/aromatic N) is 1. The fourth-order valence-electron chi connectivity index (χ4n) is 0.337. The van der Waals surface area contributed by atoms with E-state index < -0.39 is 19.0 Å². The lowest BCUT2D eigenvalue weighted by molar-refractivity contribution is 0.127. The summed E-state index contributed by atoms with van der Waals surface area (Å²) in [5.41, 5.74) is 0. The van der Waals surface area contributed by atoms with Crippen molar-refractivity contribution in [3.8, 4) is 6.07 Å². The van der Waals surface area contributed by atoms with Crippen LogP contribution in [0.25, 0.3) is 0 Å². The number of hydrogen-bond donors (Lipinski definition) is 0. The fourth-order valence-corrected chi connectivity index (χ4v) is 0.337. The molecule has 1 nitrogen and oxygen atoms in total. The molecule has 0 aromatic rings. The fraction of sp³-hybridized carbons (Fsp3) is 0.800. The van der Waals surface area contributed by atoms with E-state index in [4.69, 9.17) is 5.26 Å². The maximum Gasteiger partial charge on any atom is 0.238 e. The molecule has 0 spiro atoms. The lowest BCUT2D eigenvalue weighted by atomic mass is 10.2. The van der Waals surface area contributed by atoms with Gasteiger partial charge in [-0.3, -0.25) is 0 Å². The largest absolute Gasteiger partial charge is 0.238 e. The second-order valence-corrected chi connectivity index (χ2v) is 1.57. The quantitative estimate of drug-likeness (QED) is 0.582. The van der Waals surface area contributed by atoms with Gasteiger partial charge in [0.25, 0.3) is 0 Å². The van der Waals surface area contributed by atoms with Crippen molar-refractivity contribution in [1.29, 1.82) is 5.26 Å². The Bertz CT molecular complexity index is 107. The molecule has 0 aliphatic rings. The molecule has 0 amide bonds. The molecule has 0 saturated carbocycles. The summed E-state index contributed by atoms with van der Waals surface area (Å²) in [6, 6.07) is 1.22. The van der Waals surface area contributed by atoms with Crippen LogP contribution in [0.2, 0.25) is 0 Å². The summed E-state index contributed by atoms with van der Waals surface area (Å²) in [6.45, 7) is 0. The number of halogens is 3. The maximum absolute atomic E-state index is 11.8. The first-order chi connectivity index (χ1) is 4.16. The van der Waals surface area contributed by atoms with Crippen molar-refractivity contribution in [2.75, 3.05) is 0 Å². The first kappa shape index (κ1) is 8.28. The first-order valence-electron chi connectivity index (χ1n) is 2.48. The second-order valence-electron chi connectivity index (χ2n) is 1.57. The van der Waals surface area contributed by atoms with Crippen molar-refractivity contribution in [3.05, 3.63) is 0 Å². The van der Waals surface area contributed by atoms with Crippen LogP contribution >= 0.6 is 0 Å². The van der Waals surface area contributed by atoms with E-state index in [2.05, 4.69) is 0 Å². The Morgan fingerprint density at radius 2 is 1.78 bits per heavy atom. The van der Waals surface area contributed by atoms with Gasteiger partial charge in [0.15, 0.2) is 6.17 Å². The molecule has 0 N–H and O–H groups in total. The minimum atomic E-state index is -2.50. The van der Waals surface area contributed by atoms with Gasteiger partial charge in [-0.2, -0.15) is 5.26 Å². The predicted octanol–water partition coefficient (Wildman–Crippen LogP) is 1.89. The van der Waals surface area contributed by atoms with Gasteiger partial charge in [-0.1, -0.05) is 0 Å². The Morgan fingerprint density at radius 3 is 2.11 bits per heavy atom. The summed E-state index contributed by atoms with van der Waals surface area (Å²) in [7, 11) is 0. The second kappa shape index (κ2) is 4.19. The normalized spacial score (nSPS) is 13.2. The monoisotopic (exact) mass is 137 g/mol. The van der Waals surface area contributed by atoms with E-state index in [1.165, 1.54) is 6.07 Å². The highest BCUT2D eigenvalue weighted by molar-refractivity contribution is 4.81. The van der Waals surface area contributed by atoms with Gasteiger partial charge in [-0.05, 0) is 6.42 Å². The van der Waals surface area contributed by atoms with Gasteiger partial charge in [0, 0.05) is 6.42 Å². The van der Waals surface area contributed by atoms with E-state index in [1.807, 2.05) is 0 Å². The average molecular weight is 137 g/mol. The van der Waals surface area contributed by atoms with E-state index in [0.717, 1.165) is 0 Å².